The fraction of sp³-hybridized carbons (Fsp3) is 0.211. The van der Waals surface area contributed by atoms with Crippen molar-refractivity contribution >= 4 is 35.0 Å². The topological polar surface area (TPSA) is 59.2 Å². The number of nitrogens with zero attached hydrogens (tertiary/aromatic N) is 3. The van der Waals surface area contributed by atoms with Crippen LogP contribution in [-0.4, -0.2) is 28.4 Å². The van der Waals surface area contributed by atoms with Gasteiger partial charge in [0, 0.05) is 17.1 Å². The number of anilines is 1. The van der Waals surface area contributed by atoms with Gasteiger partial charge in [0.2, 0.25) is 11.8 Å². The van der Waals surface area contributed by atoms with Crippen LogP contribution >= 0.6 is 23.4 Å². The highest BCUT2D eigenvalue weighted by Crippen LogP contribution is 2.31. The summed E-state index contributed by atoms with van der Waals surface area (Å²) in [5, 5.41) is 8.86. The number of hydrogen-bond acceptors (Lipinski definition) is 5. The maximum atomic E-state index is 14.2. The molecule has 5 nitrogen and oxygen atoms in total. The van der Waals surface area contributed by atoms with Crippen molar-refractivity contribution in [3.8, 4) is 11.5 Å². The quantitative estimate of drug-likeness (QED) is 0.596. The lowest BCUT2D eigenvalue weighted by Crippen LogP contribution is -2.37. The van der Waals surface area contributed by atoms with E-state index in [0.29, 0.717) is 28.4 Å². The third-order valence-electron chi connectivity index (χ3n) is 4.29. The van der Waals surface area contributed by atoms with E-state index in [2.05, 4.69) is 10.2 Å². The Bertz CT molecular complexity index is 977. The highest BCUT2D eigenvalue weighted by molar-refractivity contribution is 7.99. The van der Waals surface area contributed by atoms with Crippen molar-refractivity contribution in [2.75, 3.05) is 17.2 Å². The maximum Gasteiger partial charge on any atom is 0.277 e. The van der Waals surface area contributed by atoms with Crippen molar-refractivity contribution < 1.29 is 13.6 Å². The summed E-state index contributed by atoms with van der Waals surface area (Å²) in [5.41, 5.74) is 2.00. The molecule has 0 N–H and O–H groups in total. The van der Waals surface area contributed by atoms with E-state index in [-0.39, 0.29) is 17.5 Å². The average Bonchev–Trinajstić information content (AvgIpc) is 3.15. The number of carbonyl (C=O) groups excluding carboxylic acids is 1. The zero-order chi connectivity index (χ0) is 18.8. The molecule has 0 atom stereocenters. The van der Waals surface area contributed by atoms with Gasteiger partial charge in [-0.3, -0.25) is 4.79 Å². The van der Waals surface area contributed by atoms with Gasteiger partial charge in [0.25, 0.3) is 5.22 Å². The van der Waals surface area contributed by atoms with Crippen LogP contribution in [0.15, 0.2) is 52.1 Å². The average molecular weight is 404 g/mol. The molecule has 0 aliphatic carbocycles. The minimum atomic E-state index is -0.367. The van der Waals surface area contributed by atoms with Crippen molar-refractivity contribution in [3.63, 3.8) is 0 Å². The zero-order valence-corrected chi connectivity index (χ0v) is 15.8. The Kier molecular flexibility index (Phi) is 5.13. The van der Waals surface area contributed by atoms with Gasteiger partial charge in [-0.25, -0.2) is 4.39 Å². The Morgan fingerprint density at radius 3 is 2.85 bits per heavy atom. The van der Waals surface area contributed by atoms with Gasteiger partial charge in [-0.15, -0.1) is 10.2 Å². The molecule has 0 fully saturated rings. The molecule has 0 saturated heterocycles. The SMILES string of the molecule is O=C(CSc1nnc(-c2ccc(Cl)cc2)o1)N1CCCc2cccc(F)c21. The zero-order valence-electron chi connectivity index (χ0n) is 14.2. The Balaban J connectivity index is 1.44. The van der Waals surface area contributed by atoms with Crippen LogP contribution in [0.4, 0.5) is 10.1 Å². The van der Waals surface area contributed by atoms with Gasteiger partial charge in [-0.1, -0.05) is 35.5 Å². The highest BCUT2D eigenvalue weighted by atomic mass is 35.5. The third kappa shape index (κ3) is 3.84. The summed E-state index contributed by atoms with van der Waals surface area (Å²) in [7, 11) is 0. The molecule has 0 bridgehead atoms. The second-order valence-electron chi connectivity index (χ2n) is 6.07. The number of halogens is 2. The van der Waals surface area contributed by atoms with Crippen molar-refractivity contribution in [1.29, 1.82) is 0 Å². The largest absolute Gasteiger partial charge is 0.411 e. The van der Waals surface area contributed by atoms with Crippen LogP contribution in [0.3, 0.4) is 0 Å². The van der Waals surface area contributed by atoms with Crippen LogP contribution in [-0.2, 0) is 11.2 Å². The van der Waals surface area contributed by atoms with Gasteiger partial charge >= 0.3 is 0 Å². The van der Waals surface area contributed by atoms with Gasteiger partial charge < -0.3 is 9.32 Å². The molecule has 27 heavy (non-hydrogen) atoms. The Morgan fingerprint density at radius 2 is 2.04 bits per heavy atom. The molecule has 3 aromatic rings. The first-order valence-corrected chi connectivity index (χ1v) is 9.78. The second-order valence-corrected chi connectivity index (χ2v) is 7.43. The first-order chi connectivity index (χ1) is 13.1. The molecule has 1 aliphatic heterocycles. The summed E-state index contributed by atoms with van der Waals surface area (Å²) >= 11 is 7.01. The van der Waals surface area contributed by atoms with E-state index in [1.807, 2.05) is 6.07 Å². The van der Waals surface area contributed by atoms with Crippen LogP contribution in [0.1, 0.15) is 12.0 Å². The lowest BCUT2D eigenvalue weighted by molar-refractivity contribution is -0.116. The normalized spacial score (nSPS) is 13.5. The molecule has 1 aromatic heterocycles. The van der Waals surface area contributed by atoms with E-state index in [0.717, 1.165) is 35.7 Å². The Hall–Kier alpha value is -2.38. The summed E-state index contributed by atoms with van der Waals surface area (Å²) in [6.45, 7) is 0.507. The van der Waals surface area contributed by atoms with Crippen LogP contribution in [0.25, 0.3) is 11.5 Å². The molecule has 2 heterocycles. The van der Waals surface area contributed by atoms with Crippen molar-refractivity contribution in [2.24, 2.45) is 0 Å². The number of hydrogen-bond donors (Lipinski definition) is 0. The van der Waals surface area contributed by atoms with Gasteiger partial charge in [-0.2, -0.15) is 0 Å². The molecular formula is C19H15ClFN3O2S. The summed E-state index contributed by atoms with van der Waals surface area (Å²) in [4.78, 5) is 14.1. The molecule has 0 spiro atoms. The maximum absolute atomic E-state index is 14.2. The number of fused-ring (bicyclic) bond motifs is 1. The predicted octanol–water partition coefficient (Wildman–Crippen LogP) is 4.60. The number of aromatic nitrogens is 2. The number of para-hydroxylation sites is 1. The van der Waals surface area contributed by atoms with E-state index in [9.17, 15) is 9.18 Å². The number of carbonyl (C=O) groups is 1. The molecule has 1 aliphatic rings. The standard InChI is InChI=1S/C19H15ClFN3O2S/c20-14-8-6-13(7-9-14)18-22-23-19(26-18)27-11-16(25)24-10-2-4-12-3-1-5-15(21)17(12)24/h1,3,5-9H,2,4,10-11H2. The molecule has 4 rings (SSSR count). The van der Waals surface area contributed by atoms with E-state index in [1.165, 1.54) is 11.0 Å². The molecule has 0 saturated carbocycles. The number of amides is 1. The third-order valence-corrected chi connectivity index (χ3v) is 5.34. The molecule has 8 heteroatoms. The predicted molar refractivity (Wildman–Crippen MR) is 103 cm³/mol. The summed E-state index contributed by atoms with van der Waals surface area (Å²) in [5.74, 6) is -0.0997. The monoisotopic (exact) mass is 403 g/mol. The minimum Gasteiger partial charge on any atom is -0.411 e. The van der Waals surface area contributed by atoms with E-state index in [1.54, 1.807) is 30.3 Å². The molecule has 1 amide bonds. The molecule has 2 aromatic carbocycles. The van der Waals surface area contributed by atoms with Crippen molar-refractivity contribution in [2.45, 2.75) is 18.1 Å². The van der Waals surface area contributed by atoms with Gasteiger partial charge in [0.1, 0.15) is 5.82 Å². The minimum absolute atomic E-state index is 0.0933. The lowest BCUT2D eigenvalue weighted by atomic mass is 10.0. The van der Waals surface area contributed by atoms with Crippen LogP contribution in [0, 0.1) is 5.82 Å². The molecule has 0 radical (unpaired) electrons. The molecule has 0 unspecified atom stereocenters. The van der Waals surface area contributed by atoms with Crippen LogP contribution < -0.4 is 4.90 Å². The van der Waals surface area contributed by atoms with E-state index < -0.39 is 0 Å². The molecular weight excluding hydrogens is 389 g/mol. The van der Waals surface area contributed by atoms with Gasteiger partial charge in [0.05, 0.1) is 11.4 Å². The smallest absolute Gasteiger partial charge is 0.277 e. The Labute approximate surface area is 164 Å². The summed E-state index contributed by atoms with van der Waals surface area (Å²) in [6.07, 6.45) is 1.59. The number of benzene rings is 2. The van der Waals surface area contributed by atoms with Gasteiger partial charge in [-0.05, 0) is 48.7 Å². The van der Waals surface area contributed by atoms with Crippen LogP contribution in [0.2, 0.25) is 5.02 Å². The first kappa shape index (κ1) is 18.0. The first-order valence-electron chi connectivity index (χ1n) is 8.42. The number of thioether (sulfide) groups is 1. The lowest BCUT2D eigenvalue weighted by Gasteiger charge is -2.29. The molecule has 138 valence electrons. The fourth-order valence-corrected chi connectivity index (χ4v) is 3.80. The Morgan fingerprint density at radius 1 is 1.22 bits per heavy atom. The van der Waals surface area contributed by atoms with E-state index >= 15 is 0 Å². The van der Waals surface area contributed by atoms with E-state index in [4.69, 9.17) is 16.0 Å². The number of aryl methyl sites for hydroxylation is 1. The highest BCUT2D eigenvalue weighted by Gasteiger charge is 2.26. The second kappa shape index (κ2) is 7.70. The van der Waals surface area contributed by atoms with Gasteiger partial charge in [0.15, 0.2) is 0 Å². The summed E-state index contributed by atoms with van der Waals surface area (Å²) in [6, 6.07) is 12.0. The summed E-state index contributed by atoms with van der Waals surface area (Å²) < 4.78 is 19.8. The van der Waals surface area contributed by atoms with Crippen molar-refractivity contribution in [1.82, 2.24) is 10.2 Å². The van der Waals surface area contributed by atoms with Crippen molar-refractivity contribution in [3.05, 3.63) is 58.9 Å². The van der Waals surface area contributed by atoms with Crippen LogP contribution in [0.5, 0.6) is 0 Å². The number of rotatable bonds is 4. The fourth-order valence-electron chi connectivity index (χ4n) is 3.03.